The number of hydrogen-bond donors (Lipinski definition) is 1. The molecule has 1 heterocycles. The topological polar surface area (TPSA) is 38.7 Å². The van der Waals surface area contributed by atoms with Gasteiger partial charge in [-0.3, -0.25) is 0 Å². The molecule has 0 aliphatic carbocycles. The van der Waals surface area contributed by atoms with Crippen LogP contribution in [0.1, 0.15) is 84.0 Å². The molecule has 0 saturated carbocycles. The van der Waals surface area contributed by atoms with Crippen molar-refractivity contribution in [2.75, 3.05) is 13.2 Å². The third-order valence-corrected chi connectivity index (χ3v) is 4.05. The number of unbranched alkanes of at least 4 members (excludes halogenated alkanes) is 9. The highest BCUT2D eigenvalue weighted by Crippen LogP contribution is 2.16. The van der Waals surface area contributed by atoms with Gasteiger partial charge in [0.05, 0.1) is 19.3 Å². The van der Waals surface area contributed by atoms with Crippen molar-refractivity contribution in [3.63, 3.8) is 0 Å². The molecule has 1 rings (SSSR count). The second-order valence-corrected chi connectivity index (χ2v) is 6.03. The van der Waals surface area contributed by atoms with Gasteiger partial charge in [-0.2, -0.15) is 0 Å². The van der Waals surface area contributed by atoms with Gasteiger partial charge in [-0.1, -0.05) is 71.1 Å². The van der Waals surface area contributed by atoms with Crippen molar-refractivity contribution in [2.24, 2.45) is 0 Å². The first-order valence-corrected chi connectivity index (χ1v) is 8.74. The van der Waals surface area contributed by atoms with Crippen LogP contribution in [-0.4, -0.2) is 30.7 Å². The van der Waals surface area contributed by atoms with Crippen molar-refractivity contribution in [1.82, 2.24) is 0 Å². The second kappa shape index (κ2) is 12.6. The molecule has 0 radical (unpaired) electrons. The standard InChI is InChI=1S/C17H34O3/c1-2-3-4-5-6-7-8-9-10-11-12-16(18)15-17-19-13-14-20-17/h16-18H,2-15H2,1H3. The van der Waals surface area contributed by atoms with Gasteiger partial charge in [0.1, 0.15) is 0 Å². The lowest BCUT2D eigenvalue weighted by molar-refractivity contribution is -0.0712. The molecule has 3 heteroatoms. The maximum atomic E-state index is 9.87. The monoisotopic (exact) mass is 286 g/mol. The van der Waals surface area contributed by atoms with Gasteiger partial charge in [-0.15, -0.1) is 0 Å². The third-order valence-electron chi connectivity index (χ3n) is 4.05. The SMILES string of the molecule is CCCCCCCCCCCCC(O)CC1OCCO1. The second-order valence-electron chi connectivity index (χ2n) is 6.03. The summed E-state index contributed by atoms with van der Waals surface area (Å²) < 4.78 is 10.7. The summed E-state index contributed by atoms with van der Waals surface area (Å²) in [5.41, 5.74) is 0. The Hall–Kier alpha value is -0.120. The van der Waals surface area contributed by atoms with E-state index < -0.39 is 0 Å². The van der Waals surface area contributed by atoms with Gasteiger partial charge in [0.2, 0.25) is 0 Å². The average Bonchev–Trinajstić information content (AvgIpc) is 2.93. The quantitative estimate of drug-likeness (QED) is 0.509. The summed E-state index contributed by atoms with van der Waals surface area (Å²) in [7, 11) is 0. The maximum absolute atomic E-state index is 9.87. The van der Waals surface area contributed by atoms with E-state index >= 15 is 0 Å². The molecule has 0 aromatic carbocycles. The Kier molecular flexibility index (Phi) is 11.3. The van der Waals surface area contributed by atoms with Crippen molar-refractivity contribution in [1.29, 1.82) is 0 Å². The van der Waals surface area contributed by atoms with E-state index in [1.807, 2.05) is 0 Å². The highest BCUT2D eigenvalue weighted by atomic mass is 16.7. The summed E-state index contributed by atoms with van der Waals surface area (Å²) in [5.74, 6) is 0. The number of hydrogen-bond acceptors (Lipinski definition) is 3. The molecule has 1 fully saturated rings. The lowest BCUT2D eigenvalue weighted by Crippen LogP contribution is -2.18. The largest absolute Gasteiger partial charge is 0.393 e. The number of aliphatic hydroxyl groups excluding tert-OH is 1. The molecule has 0 aromatic rings. The van der Waals surface area contributed by atoms with Crippen LogP contribution in [0.4, 0.5) is 0 Å². The summed E-state index contributed by atoms with van der Waals surface area (Å²) in [4.78, 5) is 0. The zero-order valence-corrected chi connectivity index (χ0v) is 13.3. The highest BCUT2D eigenvalue weighted by Gasteiger charge is 2.19. The minimum atomic E-state index is -0.257. The Morgan fingerprint density at radius 3 is 1.90 bits per heavy atom. The highest BCUT2D eigenvalue weighted by molar-refractivity contribution is 4.62. The fourth-order valence-corrected chi connectivity index (χ4v) is 2.75. The first-order chi connectivity index (χ1) is 9.83. The minimum absolute atomic E-state index is 0.159. The molecule has 1 atom stereocenters. The lowest BCUT2D eigenvalue weighted by atomic mass is 10.0. The fourth-order valence-electron chi connectivity index (χ4n) is 2.75. The normalized spacial score (nSPS) is 17.7. The van der Waals surface area contributed by atoms with E-state index in [1.54, 1.807) is 0 Å². The summed E-state index contributed by atoms with van der Waals surface area (Å²) in [6, 6.07) is 0. The Balaban J connectivity index is 1.77. The van der Waals surface area contributed by atoms with Crippen molar-refractivity contribution >= 4 is 0 Å². The van der Waals surface area contributed by atoms with Crippen LogP contribution in [0.15, 0.2) is 0 Å². The van der Waals surface area contributed by atoms with E-state index in [0.717, 1.165) is 12.8 Å². The van der Waals surface area contributed by atoms with E-state index in [1.165, 1.54) is 57.8 Å². The van der Waals surface area contributed by atoms with Crippen LogP contribution >= 0.6 is 0 Å². The molecule has 0 aromatic heterocycles. The van der Waals surface area contributed by atoms with Crippen molar-refractivity contribution in [3.8, 4) is 0 Å². The van der Waals surface area contributed by atoms with E-state index in [4.69, 9.17) is 9.47 Å². The van der Waals surface area contributed by atoms with Crippen LogP contribution in [0.3, 0.4) is 0 Å². The average molecular weight is 286 g/mol. The molecule has 0 bridgehead atoms. The fraction of sp³-hybridized carbons (Fsp3) is 1.00. The molecule has 1 saturated heterocycles. The van der Waals surface area contributed by atoms with Gasteiger partial charge < -0.3 is 14.6 Å². The molecule has 1 N–H and O–H groups in total. The molecule has 1 aliphatic heterocycles. The summed E-state index contributed by atoms with van der Waals surface area (Å²) in [5, 5.41) is 9.87. The Labute approximate surface area is 125 Å². The summed E-state index contributed by atoms with van der Waals surface area (Å²) in [6.45, 7) is 3.62. The van der Waals surface area contributed by atoms with Crippen LogP contribution in [0.5, 0.6) is 0 Å². The van der Waals surface area contributed by atoms with E-state index in [9.17, 15) is 5.11 Å². The van der Waals surface area contributed by atoms with Gasteiger partial charge in [0.25, 0.3) is 0 Å². The number of aliphatic hydroxyl groups is 1. The van der Waals surface area contributed by atoms with Gasteiger partial charge in [-0.05, 0) is 6.42 Å². The van der Waals surface area contributed by atoms with Crippen molar-refractivity contribution < 1.29 is 14.6 Å². The number of rotatable bonds is 13. The van der Waals surface area contributed by atoms with Crippen LogP contribution in [-0.2, 0) is 9.47 Å². The Morgan fingerprint density at radius 2 is 1.35 bits per heavy atom. The minimum Gasteiger partial charge on any atom is -0.393 e. The van der Waals surface area contributed by atoms with Gasteiger partial charge >= 0.3 is 0 Å². The zero-order chi connectivity index (χ0) is 14.5. The summed E-state index contributed by atoms with van der Waals surface area (Å²) >= 11 is 0. The van der Waals surface area contributed by atoms with Crippen LogP contribution in [0.25, 0.3) is 0 Å². The zero-order valence-electron chi connectivity index (χ0n) is 13.3. The molecule has 0 amide bonds. The van der Waals surface area contributed by atoms with Crippen LogP contribution in [0.2, 0.25) is 0 Å². The lowest BCUT2D eigenvalue weighted by Gasteiger charge is -2.14. The third kappa shape index (κ3) is 9.73. The smallest absolute Gasteiger partial charge is 0.160 e. The summed E-state index contributed by atoms with van der Waals surface area (Å²) in [6.07, 6.45) is 14.5. The molecule has 1 unspecified atom stereocenters. The molecule has 3 nitrogen and oxygen atoms in total. The maximum Gasteiger partial charge on any atom is 0.160 e. The first-order valence-electron chi connectivity index (χ1n) is 8.74. The first kappa shape index (κ1) is 17.9. The Bertz CT molecular complexity index is 202. The van der Waals surface area contributed by atoms with E-state index in [0.29, 0.717) is 19.6 Å². The molecule has 20 heavy (non-hydrogen) atoms. The van der Waals surface area contributed by atoms with Crippen molar-refractivity contribution in [3.05, 3.63) is 0 Å². The Morgan fingerprint density at radius 1 is 0.850 bits per heavy atom. The van der Waals surface area contributed by atoms with Crippen molar-refractivity contribution in [2.45, 2.75) is 96.4 Å². The van der Waals surface area contributed by atoms with Gasteiger partial charge in [0.15, 0.2) is 6.29 Å². The van der Waals surface area contributed by atoms with Gasteiger partial charge in [-0.25, -0.2) is 0 Å². The predicted molar refractivity (Wildman–Crippen MR) is 82.8 cm³/mol. The van der Waals surface area contributed by atoms with Crippen LogP contribution in [0, 0.1) is 0 Å². The van der Waals surface area contributed by atoms with E-state index in [2.05, 4.69) is 6.92 Å². The number of ether oxygens (including phenoxy) is 2. The molecule has 1 aliphatic rings. The molecule has 120 valence electrons. The molecule has 0 spiro atoms. The van der Waals surface area contributed by atoms with Crippen LogP contribution < -0.4 is 0 Å². The molecular weight excluding hydrogens is 252 g/mol. The predicted octanol–water partition coefficient (Wildman–Crippen LogP) is 4.42. The van der Waals surface area contributed by atoms with E-state index in [-0.39, 0.29) is 12.4 Å². The molecular formula is C17H34O3. The van der Waals surface area contributed by atoms with Gasteiger partial charge in [0, 0.05) is 6.42 Å².